The predicted octanol–water partition coefficient (Wildman–Crippen LogP) is 3.94. The molecule has 7 heteroatoms. The zero-order valence-corrected chi connectivity index (χ0v) is 19.4. The van der Waals surface area contributed by atoms with Crippen molar-refractivity contribution in [1.82, 2.24) is 9.62 Å². The quantitative estimate of drug-likeness (QED) is 0.520. The van der Waals surface area contributed by atoms with Crippen LogP contribution >= 0.6 is 0 Å². The second-order valence-electron chi connectivity index (χ2n) is 7.96. The van der Waals surface area contributed by atoms with Gasteiger partial charge in [-0.3, -0.25) is 4.79 Å². The molecule has 1 amide bonds. The number of rotatable bonds is 11. The molecule has 0 saturated carbocycles. The molecule has 0 radical (unpaired) electrons. The number of ether oxygens (including phenoxy) is 1. The number of allylic oxidation sites excluding steroid dienone is 1. The molecular weight excluding hydrogens is 424 g/mol. The highest BCUT2D eigenvalue weighted by molar-refractivity contribution is 7.89. The normalized spacial score (nSPS) is 14.1. The highest BCUT2D eigenvalue weighted by Gasteiger charge is 2.26. The molecule has 2 aromatic carbocycles. The molecule has 1 N–H and O–H groups in total. The van der Waals surface area contributed by atoms with E-state index in [2.05, 4.69) is 11.4 Å². The van der Waals surface area contributed by atoms with E-state index in [4.69, 9.17) is 4.74 Å². The van der Waals surface area contributed by atoms with Crippen LogP contribution in [0.3, 0.4) is 0 Å². The molecule has 0 atom stereocenters. The van der Waals surface area contributed by atoms with E-state index in [1.54, 1.807) is 12.1 Å². The number of nitrogens with zero attached hydrogens (tertiary/aromatic N) is 1. The van der Waals surface area contributed by atoms with Crippen molar-refractivity contribution in [2.75, 3.05) is 26.7 Å². The van der Waals surface area contributed by atoms with Crippen molar-refractivity contribution in [2.45, 2.75) is 43.4 Å². The van der Waals surface area contributed by atoms with Gasteiger partial charge < -0.3 is 10.1 Å². The van der Waals surface area contributed by atoms with Crippen LogP contribution in [-0.4, -0.2) is 45.4 Å². The minimum absolute atomic E-state index is 0.145. The fourth-order valence-corrected chi connectivity index (χ4v) is 5.19. The Labute approximate surface area is 191 Å². The first-order chi connectivity index (χ1) is 15.5. The second kappa shape index (κ2) is 11.8. The van der Waals surface area contributed by atoms with Gasteiger partial charge in [0.1, 0.15) is 5.75 Å². The summed E-state index contributed by atoms with van der Waals surface area (Å²) in [6.07, 6.45) is 8.23. The standard InChI is InChI=1S/C25H32N2O4S/c1-31-23-12-14-24(15-13-23)32(29,30)27(19-17-22-10-6-3-7-11-22)20-25(28)26-18-16-21-8-4-2-5-9-21/h3,6-8,10-15H,2,4-5,9,16-20H2,1H3,(H,26,28). The van der Waals surface area contributed by atoms with E-state index in [1.165, 1.54) is 42.0 Å². The third-order valence-corrected chi connectivity index (χ3v) is 7.52. The molecule has 6 nitrogen and oxygen atoms in total. The van der Waals surface area contributed by atoms with Crippen molar-refractivity contribution in [2.24, 2.45) is 0 Å². The maximum absolute atomic E-state index is 13.3. The van der Waals surface area contributed by atoms with Gasteiger partial charge in [0.15, 0.2) is 0 Å². The predicted molar refractivity (Wildman–Crippen MR) is 126 cm³/mol. The molecule has 0 fully saturated rings. The third-order valence-electron chi connectivity index (χ3n) is 5.66. The zero-order chi connectivity index (χ0) is 22.8. The van der Waals surface area contributed by atoms with E-state index in [0.29, 0.717) is 18.7 Å². The van der Waals surface area contributed by atoms with Gasteiger partial charge in [-0.15, -0.1) is 0 Å². The molecule has 32 heavy (non-hydrogen) atoms. The van der Waals surface area contributed by atoms with Crippen LogP contribution in [0.5, 0.6) is 5.75 Å². The lowest BCUT2D eigenvalue weighted by Gasteiger charge is -2.22. The maximum atomic E-state index is 13.3. The molecule has 0 aliphatic heterocycles. The van der Waals surface area contributed by atoms with E-state index in [9.17, 15) is 13.2 Å². The van der Waals surface area contributed by atoms with Crippen molar-refractivity contribution in [3.05, 3.63) is 71.8 Å². The van der Waals surface area contributed by atoms with Crippen molar-refractivity contribution in [3.8, 4) is 5.75 Å². The van der Waals surface area contributed by atoms with Crippen LogP contribution in [0.15, 0.2) is 71.1 Å². The average molecular weight is 457 g/mol. The number of hydrogen-bond acceptors (Lipinski definition) is 4. The van der Waals surface area contributed by atoms with Crippen LogP contribution in [0.25, 0.3) is 0 Å². The highest BCUT2D eigenvalue weighted by atomic mass is 32.2. The van der Waals surface area contributed by atoms with Crippen LogP contribution in [0.2, 0.25) is 0 Å². The maximum Gasteiger partial charge on any atom is 0.243 e. The summed E-state index contributed by atoms with van der Waals surface area (Å²) >= 11 is 0. The summed E-state index contributed by atoms with van der Waals surface area (Å²) in [6.45, 7) is 0.539. The largest absolute Gasteiger partial charge is 0.497 e. The molecule has 1 aliphatic carbocycles. The Bertz CT molecular complexity index is 1000. The molecule has 172 valence electrons. The van der Waals surface area contributed by atoms with Gasteiger partial charge in [-0.25, -0.2) is 8.42 Å². The molecule has 0 saturated heterocycles. The number of methoxy groups -OCH3 is 1. The second-order valence-corrected chi connectivity index (χ2v) is 9.90. The number of benzene rings is 2. The molecule has 1 aliphatic rings. The molecule has 3 rings (SSSR count). The summed E-state index contributed by atoms with van der Waals surface area (Å²) in [5, 5.41) is 2.89. The Morgan fingerprint density at radius 1 is 1.03 bits per heavy atom. The lowest BCUT2D eigenvalue weighted by atomic mass is 9.97. The summed E-state index contributed by atoms with van der Waals surface area (Å²) in [4.78, 5) is 12.8. The molecular formula is C25H32N2O4S. The van der Waals surface area contributed by atoms with Gasteiger partial charge >= 0.3 is 0 Å². The van der Waals surface area contributed by atoms with E-state index >= 15 is 0 Å². The van der Waals surface area contributed by atoms with E-state index < -0.39 is 10.0 Å². The summed E-state index contributed by atoms with van der Waals surface area (Å²) < 4.78 is 33.0. The van der Waals surface area contributed by atoms with E-state index in [1.807, 2.05) is 30.3 Å². The van der Waals surface area contributed by atoms with Crippen LogP contribution in [0.1, 0.15) is 37.7 Å². The van der Waals surface area contributed by atoms with Crippen molar-refractivity contribution < 1.29 is 17.9 Å². The van der Waals surface area contributed by atoms with Gasteiger partial charge in [0.2, 0.25) is 15.9 Å². The lowest BCUT2D eigenvalue weighted by molar-refractivity contribution is -0.121. The van der Waals surface area contributed by atoms with Crippen LogP contribution in [0.4, 0.5) is 0 Å². The number of amides is 1. The Morgan fingerprint density at radius 3 is 2.44 bits per heavy atom. The Morgan fingerprint density at radius 2 is 1.78 bits per heavy atom. The van der Waals surface area contributed by atoms with Crippen molar-refractivity contribution in [1.29, 1.82) is 0 Å². The summed E-state index contributed by atoms with van der Waals surface area (Å²) in [7, 11) is -2.30. The topological polar surface area (TPSA) is 75.7 Å². The number of nitrogens with one attached hydrogen (secondary N) is 1. The number of hydrogen-bond donors (Lipinski definition) is 1. The van der Waals surface area contributed by atoms with Crippen molar-refractivity contribution in [3.63, 3.8) is 0 Å². The van der Waals surface area contributed by atoms with Gasteiger partial charge in [0, 0.05) is 13.1 Å². The first-order valence-corrected chi connectivity index (χ1v) is 12.6. The smallest absolute Gasteiger partial charge is 0.243 e. The number of carbonyl (C=O) groups is 1. The monoisotopic (exact) mass is 456 g/mol. The van der Waals surface area contributed by atoms with Crippen LogP contribution < -0.4 is 10.1 Å². The SMILES string of the molecule is COc1ccc(S(=O)(=O)N(CCc2ccccc2)CC(=O)NCCC2=CCCCC2)cc1. The Hall–Kier alpha value is -2.64. The van der Waals surface area contributed by atoms with Gasteiger partial charge in [-0.1, -0.05) is 42.0 Å². The van der Waals surface area contributed by atoms with Gasteiger partial charge in [0.25, 0.3) is 0 Å². The molecule has 0 heterocycles. The third kappa shape index (κ3) is 6.93. The molecule has 0 aromatic heterocycles. The summed E-state index contributed by atoms with van der Waals surface area (Å²) in [5.74, 6) is 0.293. The average Bonchev–Trinajstić information content (AvgIpc) is 2.83. The fraction of sp³-hybridized carbons (Fsp3) is 0.400. The first kappa shape index (κ1) is 24.0. The number of carbonyl (C=O) groups excluding carboxylic acids is 1. The van der Waals surface area contributed by atoms with Gasteiger partial charge in [0.05, 0.1) is 18.6 Å². The minimum Gasteiger partial charge on any atom is -0.497 e. The highest BCUT2D eigenvalue weighted by Crippen LogP contribution is 2.21. The molecule has 0 spiro atoms. The lowest BCUT2D eigenvalue weighted by Crippen LogP contribution is -2.42. The van der Waals surface area contributed by atoms with Gasteiger partial charge in [-0.05, 0) is 68.4 Å². The van der Waals surface area contributed by atoms with E-state index in [0.717, 1.165) is 24.8 Å². The van der Waals surface area contributed by atoms with E-state index in [-0.39, 0.29) is 23.9 Å². The molecule has 2 aromatic rings. The van der Waals surface area contributed by atoms with Crippen LogP contribution in [0, 0.1) is 0 Å². The van der Waals surface area contributed by atoms with Gasteiger partial charge in [-0.2, -0.15) is 4.31 Å². The van der Waals surface area contributed by atoms with Crippen LogP contribution in [-0.2, 0) is 21.2 Å². The minimum atomic E-state index is -3.83. The zero-order valence-electron chi connectivity index (χ0n) is 18.6. The summed E-state index contributed by atoms with van der Waals surface area (Å²) in [6, 6.07) is 15.9. The van der Waals surface area contributed by atoms with Crippen molar-refractivity contribution >= 4 is 15.9 Å². The molecule has 0 unspecified atom stereocenters. The Kier molecular flexibility index (Phi) is 8.88. The first-order valence-electron chi connectivity index (χ1n) is 11.1. The Balaban J connectivity index is 1.67. The summed E-state index contributed by atoms with van der Waals surface area (Å²) in [5.41, 5.74) is 2.40. The number of sulfonamides is 1. The molecule has 0 bridgehead atoms. The fourth-order valence-electron chi connectivity index (χ4n) is 3.79.